The zero-order chi connectivity index (χ0) is 22.4. The third kappa shape index (κ3) is 6.20. The predicted octanol–water partition coefficient (Wildman–Crippen LogP) is 4.53. The van der Waals surface area contributed by atoms with Crippen LogP contribution in [0, 0.1) is 11.6 Å². The van der Waals surface area contributed by atoms with Crippen LogP contribution in [0.3, 0.4) is 0 Å². The second kappa shape index (κ2) is 10.1. The molecule has 0 radical (unpaired) electrons. The van der Waals surface area contributed by atoms with Gasteiger partial charge in [-0.2, -0.15) is 0 Å². The fourth-order valence-corrected chi connectivity index (χ4v) is 4.42. The van der Waals surface area contributed by atoms with Gasteiger partial charge in [0, 0.05) is 30.0 Å². The van der Waals surface area contributed by atoms with Gasteiger partial charge < -0.3 is 10.2 Å². The first-order chi connectivity index (χ1) is 14.8. The summed E-state index contributed by atoms with van der Waals surface area (Å²) < 4.78 is 26.6. The van der Waals surface area contributed by atoms with Crippen molar-refractivity contribution in [3.63, 3.8) is 0 Å². The van der Waals surface area contributed by atoms with E-state index in [1.54, 1.807) is 12.1 Å². The van der Waals surface area contributed by atoms with Gasteiger partial charge in [-0.15, -0.1) is 0 Å². The van der Waals surface area contributed by atoms with Crippen LogP contribution in [0.4, 0.5) is 8.78 Å². The highest BCUT2D eigenvalue weighted by atomic mass is 19.1. The van der Waals surface area contributed by atoms with Crippen LogP contribution in [-0.4, -0.2) is 42.3 Å². The van der Waals surface area contributed by atoms with Crippen molar-refractivity contribution in [3.05, 3.63) is 71.3 Å². The molecule has 1 amide bonds. The Labute approximate surface area is 182 Å². The number of carbonyl (C=O) groups is 2. The Morgan fingerprint density at radius 2 is 1.68 bits per heavy atom. The highest BCUT2D eigenvalue weighted by Crippen LogP contribution is 2.35. The SMILES string of the molecule is CN(C)C1(Cc2cccc(F)c2)CCC(NC(=O)CCC(=O)c2ccc(F)cc2)CC1. The topological polar surface area (TPSA) is 49.4 Å². The van der Waals surface area contributed by atoms with E-state index in [4.69, 9.17) is 0 Å². The van der Waals surface area contributed by atoms with Gasteiger partial charge >= 0.3 is 0 Å². The number of ketones is 1. The van der Waals surface area contributed by atoms with E-state index in [-0.39, 0.29) is 41.9 Å². The molecule has 1 fully saturated rings. The Hall–Kier alpha value is -2.60. The standard InChI is InChI=1S/C25H30F2N2O2/c1-29(2)25(17-18-4-3-5-21(27)16-18)14-12-22(13-15-25)28-24(31)11-10-23(30)19-6-8-20(26)9-7-19/h3-9,16,22H,10-15,17H2,1-2H3,(H,28,31). The Morgan fingerprint density at radius 3 is 2.29 bits per heavy atom. The van der Waals surface area contributed by atoms with E-state index in [1.165, 1.54) is 30.3 Å². The van der Waals surface area contributed by atoms with Gasteiger partial charge in [-0.05, 0) is 88.2 Å². The molecule has 6 heteroatoms. The maximum absolute atomic E-state index is 13.6. The van der Waals surface area contributed by atoms with Crippen molar-refractivity contribution in [2.75, 3.05) is 14.1 Å². The molecule has 2 aromatic rings. The smallest absolute Gasteiger partial charge is 0.220 e. The van der Waals surface area contributed by atoms with E-state index in [9.17, 15) is 18.4 Å². The maximum Gasteiger partial charge on any atom is 0.220 e. The van der Waals surface area contributed by atoms with Gasteiger partial charge in [0.05, 0.1) is 0 Å². The Kier molecular flexibility index (Phi) is 7.55. The van der Waals surface area contributed by atoms with Gasteiger partial charge in [0.25, 0.3) is 0 Å². The quantitative estimate of drug-likeness (QED) is 0.629. The van der Waals surface area contributed by atoms with E-state index in [0.29, 0.717) is 5.56 Å². The number of Topliss-reactive ketones (excluding diaryl/α,β-unsaturated/α-hetero) is 1. The van der Waals surface area contributed by atoms with E-state index in [0.717, 1.165) is 37.7 Å². The summed E-state index contributed by atoms with van der Waals surface area (Å²) in [6.07, 6.45) is 4.47. The van der Waals surface area contributed by atoms with Gasteiger partial charge in [-0.3, -0.25) is 9.59 Å². The average Bonchev–Trinajstić information content (AvgIpc) is 2.74. The van der Waals surface area contributed by atoms with E-state index >= 15 is 0 Å². The molecule has 0 bridgehead atoms. The monoisotopic (exact) mass is 428 g/mol. The summed E-state index contributed by atoms with van der Waals surface area (Å²) in [7, 11) is 4.11. The molecule has 3 rings (SSSR count). The molecule has 0 saturated heterocycles. The number of nitrogens with one attached hydrogen (secondary N) is 1. The van der Waals surface area contributed by atoms with Crippen molar-refractivity contribution in [1.29, 1.82) is 0 Å². The molecule has 0 unspecified atom stereocenters. The zero-order valence-electron chi connectivity index (χ0n) is 18.2. The number of amides is 1. The summed E-state index contributed by atoms with van der Waals surface area (Å²) in [4.78, 5) is 26.7. The molecule has 1 aliphatic carbocycles. The summed E-state index contributed by atoms with van der Waals surface area (Å²) in [6, 6.07) is 12.2. The minimum Gasteiger partial charge on any atom is -0.353 e. The second-order valence-corrected chi connectivity index (χ2v) is 8.70. The molecule has 0 atom stereocenters. The van der Waals surface area contributed by atoms with Crippen molar-refractivity contribution in [2.24, 2.45) is 0 Å². The zero-order valence-corrected chi connectivity index (χ0v) is 18.2. The van der Waals surface area contributed by atoms with Crippen LogP contribution in [0.1, 0.15) is 54.4 Å². The number of likely N-dealkylation sites (N-methyl/N-ethyl adjacent to an activating group) is 1. The second-order valence-electron chi connectivity index (χ2n) is 8.70. The number of hydrogen-bond acceptors (Lipinski definition) is 3. The van der Waals surface area contributed by atoms with Crippen LogP contribution >= 0.6 is 0 Å². The van der Waals surface area contributed by atoms with E-state index < -0.39 is 5.82 Å². The van der Waals surface area contributed by atoms with Crippen molar-refractivity contribution >= 4 is 11.7 Å². The normalized spacial score (nSPS) is 21.1. The van der Waals surface area contributed by atoms with Crippen molar-refractivity contribution in [3.8, 4) is 0 Å². The summed E-state index contributed by atoms with van der Waals surface area (Å²) in [5, 5.41) is 3.05. The lowest BCUT2D eigenvalue weighted by Crippen LogP contribution is -2.52. The van der Waals surface area contributed by atoms with Crippen LogP contribution in [0.25, 0.3) is 0 Å². The fourth-order valence-electron chi connectivity index (χ4n) is 4.42. The molecular formula is C25H30F2N2O2. The Bertz CT molecular complexity index is 904. The van der Waals surface area contributed by atoms with E-state index in [1.807, 2.05) is 6.07 Å². The number of halogens is 2. The Morgan fingerprint density at radius 1 is 1.00 bits per heavy atom. The molecule has 1 N–H and O–H groups in total. The van der Waals surface area contributed by atoms with Crippen LogP contribution < -0.4 is 5.32 Å². The lowest BCUT2D eigenvalue weighted by Gasteiger charge is -2.45. The molecule has 0 spiro atoms. The van der Waals surface area contributed by atoms with Gasteiger partial charge in [0.1, 0.15) is 11.6 Å². The molecule has 0 aromatic heterocycles. The molecule has 1 saturated carbocycles. The van der Waals surface area contributed by atoms with E-state index in [2.05, 4.69) is 24.3 Å². The average molecular weight is 429 g/mol. The molecule has 2 aromatic carbocycles. The van der Waals surface area contributed by atoms with Crippen LogP contribution in [0.15, 0.2) is 48.5 Å². The summed E-state index contributed by atoms with van der Waals surface area (Å²) in [6.45, 7) is 0. The minimum atomic E-state index is -0.391. The molecule has 166 valence electrons. The molecule has 31 heavy (non-hydrogen) atoms. The van der Waals surface area contributed by atoms with Crippen molar-refractivity contribution in [1.82, 2.24) is 10.2 Å². The van der Waals surface area contributed by atoms with Crippen molar-refractivity contribution in [2.45, 2.75) is 56.5 Å². The molecule has 1 aliphatic rings. The number of rotatable bonds is 8. The van der Waals surface area contributed by atoms with Gasteiger partial charge in [-0.25, -0.2) is 8.78 Å². The summed E-state index contributed by atoms with van der Waals surface area (Å²) in [5.74, 6) is -0.913. The van der Waals surface area contributed by atoms with Gasteiger partial charge in [0.2, 0.25) is 5.91 Å². The third-order valence-corrected chi connectivity index (χ3v) is 6.40. The minimum absolute atomic E-state index is 0.0619. The number of carbonyl (C=O) groups excluding carboxylic acids is 2. The van der Waals surface area contributed by atoms with Gasteiger partial charge in [0.15, 0.2) is 5.78 Å². The lowest BCUT2D eigenvalue weighted by atomic mass is 9.74. The summed E-state index contributed by atoms with van der Waals surface area (Å²) >= 11 is 0. The number of nitrogens with zero attached hydrogens (tertiary/aromatic N) is 1. The first-order valence-corrected chi connectivity index (χ1v) is 10.8. The molecule has 0 aliphatic heterocycles. The predicted molar refractivity (Wildman–Crippen MR) is 117 cm³/mol. The Balaban J connectivity index is 1.49. The lowest BCUT2D eigenvalue weighted by molar-refractivity contribution is -0.122. The highest BCUT2D eigenvalue weighted by Gasteiger charge is 2.37. The van der Waals surface area contributed by atoms with Gasteiger partial charge in [-0.1, -0.05) is 12.1 Å². The maximum atomic E-state index is 13.6. The number of benzene rings is 2. The fraction of sp³-hybridized carbons (Fsp3) is 0.440. The summed E-state index contributed by atoms with van der Waals surface area (Å²) in [5.41, 5.74) is 1.34. The largest absolute Gasteiger partial charge is 0.353 e. The molecule has 4 nitrogen and oxygen atoms in total. The van der Waals surface area contributed by atoms with Crippen molar-refractivity contribution < 1.29 is 18.4 Å². The van der Waals surface area contributed by atoms with Crippen LogP contribution in [0.5, 0.6) is 0 Å². The number of hydrogen-bond donors (Lipinski definition) is 1. The van der Waals surface area contributed by atoms with Crippen LogP contribution in [0.2, 0.25) is 0 Å². The highest BCUT2D eigenvalue weighted by molar-refractivity contribution is 5.97. The molecular weight excluding hydrogens is 398 g/mol. The van der Waals surface area contributed by atoms with Crippen LogP contribution in [-0.2, 0) is 11.2 Å². The third-order valence-electron chi connectivity index (χ3n) is 6.40. The molecule has 0 heterocycles. The first kappa shape index (κ1) is 23.1. The first-order valence-electron chi connectivity index (χ1n) is 10.8.